The van der Waals surface area contributed by atoms with Crippen molar-refractivity contribution >= 4 is 5.97 Å². The fourth-order valence-corrected chi connectivity index (χ4v) is 1.71. The van der Waals surface area contributed by atoms with Crippen molar-refractivity contribution in [2.24, 2.45) is 0 Å². The van der Waals surface area contributed by atoms with Gasteiger partial charge in [0.2, 0.25) is 0 Å². The Morgan fingerprint density at radius 2 is 2.26 bits per heavy atom. The van der Waals surface area contributed by atoms with E-state index < -0.39 is 5.97 Å². The lowest BCUT2D eigenvalue weighted by atomic mass is 10.1. The van der Waals surface area contributed by atoms with Crippen LogP contribution in [0, 0.1) is 0 Å². The molecule has 0 aliphatic carbocycles. The molecule has 0 saturated carbocycles. The number of carboxylic acids is 1. The van der Waals surface area contributed by atoms with Gasteiger partial charge in [-0.1, -0.05) is 12.7 Å². The molecule has 1 aromatic rings. The van der Waals surface area contributed by atoms with Crippen molar-refractivity contribution in [2.75, 3.05) is 19.8 Å². The van der Waals surface area contributed by atoms with E-state index in [-0.39, 0.29) is 5.56 Å². The second kappa shape index (κ2) is 8.32. The van der Waals surface area contributed by atoms with E-state index >= 15 is 0 Å². The van der Waals surface area contributed by atoms with E-state index in [0.717, 1.165) is 18.4 Å². The van der Waals surface area contributed by atoms with Gasteiger partial charge in [-0.25, -0.2) is 4.79 Å². The summed E-state index contributed by atoms with van der Waals surface area (Å²) < 4.78 is 10.8. The first-order chi connectivity index (χ1) is 9.19. The summed E-state index contributed by atoms with van der Waals surface area (Å²) in [6.07, 6.45) is 3.23. The van der Waals surface area contributed by atoms with E-state index in [4.69, 9.17) is 14.6 Å². The first-order valence-electron chi connectivity index (χ1n) is 6.36. The molecule has 104 valence electrons. The molecule has 1 aromatic carbocycles. The van der Waals surface area contributed by atoms with Gasteiger partial charge in [-0.2, -0.15) is 0 Å². The third-order valence-electron chi connectivity index (χ3n) is 2.60. The highest BCUT2D eigenvalue weighted by Gasteiger charge is 2.09. The maximum absolute atomic E-state index is 11.0. The van der Waals surface area contributed by atoms with Gasteiger partial charge in [0, 0.05) is 13.2 Å². The number of ether oxygens (including phenoxy) is 2. The SMILES string of the molecule is C=CCOc1ccc(C(=O)O)cc1CCCOCC. The molecular formula is C15H20O4. The summed E-state index contributed by atoms with van der Waals surface area (Å²) in [6.45, 7) is 7.31. The Bertz CT molecular complexity index is 426. The molecule has 0 amide bonds. The molecule has 19 heavy (non-hydrogen) atoms. The second-order valence-corrected chi connectivity index (χ2v) is 4.03. The Labute approximate surface area is 113 Å². The molecule has 0 heterocycles. The fraction of sp³-hybridized carbons (Fsp3) is 0.400. The van der Waals surface area contributed by atoms with Crippen LogP contribution in [0.5, 0.6) is 5.75 Å². The van der Waals surface area contributed by atoms with Gasteiger partial charge in [-0.05, 0) is 43.5 Å². The number of aryl methyl sites for hydroxylation is 1. The smallest absolute Gasteiger partial charge is 0.335 e. The molecule has 0 spiro atoms. The van der Waals surface area contributed by atoms with Gasteiger partial charge in [0.05, 0.1) is 5.56 Å². The molecule has 0 fully saturated rings. The minimum Gasteiger partial charge on any atom is -0.489 e. The first-order valence-corrected chi connectivity index (χ1v) is 6.36. The van der Waals surface area contributed by atoms with Gasteiger partial charge in [-0.3, -0.25) is 0 Å². The van der Waals surface area contributed by atoms with Crippen molar-refractivity contribution in [2.45, 2.75) is 19.8 Å². The lowest BCUT2D eigenvalue weighted by Crippen LogP contribution is -2.03. The molecule has 0 radical (unpaired) electrons. The van der Waals surface area contributed by atoms with Crippen LogP contribution in [0.25, 0.3) is 0 Å². The van der Waals surface area contributed by atoms with Crippen molar-refractivity contribution in [3.8, 4) is 5.75 Å². The van der Waals surface area contributed by atoms with Gasteiger partial charge in [0.1, 0.15) is 12.4 Å². The molecule has 0 bridgehead atoms. The summed E-state index contributed by atoms with van der Waals surface area (Å²) in [5.41, 5.74) is 1.17. The minimum atomic E-state index is -0.929. The van der Waals surface area contributed by atoms with Crippen molar-refractivity contribution in [1.29, 1.82) is 0 Å². The van der Waals surface area contributed by atoms with Crippen molar-refractivity contribution in [3.63, 3.8) is 0 Å². The van der Waals surface area contributed by atoms with E-state index in [2.05, 4.69) is 6.58 Å². The minimum absolute atomic E-state index is 0.275. The molecule has 0 aliphatic rings. The summed E-state index contributed by atoms with van der Waals surface area (Å²) in [5, 5.41) is 9.00. The number of carboxylic acid groups (broad SMARTS) is 1. The van der Waals surface area contributed by atoms with E-state index in [9.17, 15) is 4.79 Å². The van der Waals surface area contributed by atoms with Crippen LogP contribution in [0.4, 0.5) is 0 Å². The highest BCUT2D eigenvalue weighted by molar-refractivity contribution is 5.88. The van der Waals surface area contributed by atoms with E-state index in [1.54, 1.807) is 24.3 Å². The Morgan fingerprint density at radius 3 is 2.89 bits per heavy atom. The van der Waals surface area contributed by atoms with Crippen LogP contribution in [0.2, 0.25) is 0 Å². The first kappa shape index (κ1) is 15.2. The Kier molecular flexibility index (Phi) is 6.68. The summed E-state index contributed by atoms with van der Waals surface area (Å²) in [6, 6.07) is 4.91. The zero-order valence-corrected chi connectivity index (χ0v) is 11.2. The van der Waals surface area contributed by atoms with E-state index in [0.29, 0.717) is 25.6 Å². The summed E-state index contributed by atoms with van der Waals surface area (Å²) in [4.78, 5) is 11.0. The second-order valence-electron chi connectivity index (χ2n) is 4.03. The van der Waals surface area contributed by atoms with Crippen LogP contribution in [0.15, 0.2) is 30.9 Å². The molecule has 0 aromatic heterocycles. The van der Waals surface area contributed by atoms with Gasteiger partial charge in [-0.15, -0.1) is 0 Å². The third kappa shape index (κ3) is 5.14. The third-order valence-corrected chi connectivity index (χ3v) is 2.60. The molecule has 0 aliphatic heterocycles. The van der Waals surface area contributed by atoms with Crippen LogP contribution in [0.1, 0.15) is 29.3 Å². The Hall–Kier alpha value is -1.81. The van der Waals surface area contributed by atoms with Crippen molar-refractivity contribution in [3.05, 3.63) is 42.0 Å². The Morgan fingerprint density at radius 1 is 1.47 bits per heavy atom. The lowest BCUT2D eigenvalue weighted by molar-refractivity contribution is 0.0696. The molecule has 0 atom stereocenters. The number of carbonyl (C=O) groups is 1. The quantitative estimate of drug-likeness (QED) is 0.550. The Balaban J connectivity index is 2.77. The average Bonchev–Trinajstić information content (AvgIpc) is 2.41. The predicted molar refractivity (Wildman–Crippen MR) is 73.9 cm³/mol. The van der Waals surface area contributed by atoms with Crippen LogP contribution in [-0.2, 0) is 11.2 Å². The largest absolute Gasteiger partial charge is 0.489 e. The van der Waals surface area contributed by atoms with Gasteiger partial charge < -0.3 is 14.6 Å². The van der Waals surface area contributed by atoms with Gasteiger partial charge >= 0.3 is 5.97 Å². The summed E-state index contributed by atoms with van der Waals surface area (Å²) in [7, 11) is 0. The van der Waals surface area contributed by atoms with Crippen LogP contribution >= 0.6 is 0 Å². The predicted octanol–water partition coefficient (Wildman–Crippen LogP) is 2.92. The lowest BCUT2D eigenvalue weighted by Gasteiger charge is -2.11. The van der Waals surface area contributed by atoms with Crippen LogP contribution in [-0.4, -0.2) is 30.9 Å². The monoisotopic (exact) mass is 264 g/mol. The standard InChI is InChI=1S/C15H20O4/c1-3-9-19-14-8-7-13(15(16)17)11-12(14)6-5-10-18-4-2/h3,7-8,11H,1,4-6,9-10H2,2H3,(H,16,17). The van der Waals surface area contributed by atoms with Gasteiger partial charge in [0.15, 0.2) is 0 Å². The molecule has 0 saturated heterocycles. The maximum Gasteiger partial charge on any atom is 0.335 e. The molecule has 4 heteroatoms. The number of rotatable bonds is 9. The van der Waals surface area contributed by atoms with Crippen LogP contribution in [0.3, 0.4) is 0 Å². The van der Waals surface area contributed by atoms with E-state index in [1.807, 2.05) is 6.92 Å². The number of aromatic carboxylic acids is 1. The average molecular weight is 264 g/mol. The molecular weight excluding hydrogens is 244 g/mol. The number of hydrogen-bond acceptors (Lipinski definition) is 3. The molecule has 1 N–H and O–H groups in total. The maximum atomic E-state index is 11.0. The van der Waals surface area contributed by atoms with Crippen molar-refractivity contribution < 1.29 is 19.4 Å². The zero-order valence-electron chi connectivity index (χ0n) is 11.2. The fourth-order valence-electron chi connectivity index (χ4n) is 1.71. The number of hydrogen-bond donors (Lipinski definition) is 1. The highest BCUT2D eigenvalue weighted by Crippen LogP contribution is 2.22. The topological polar surface area (TPSA) is 55.8 Å². The van der Waals surface area contributed by atoms with Crippen molar-refractivity contribution in [1.82, 2.24) is 0 Å². The normalized spacial score (nSPS) is 10.2. The van der Waals surface area contributed by atoms with Gasteiger partial charge in [0.25, 0.3) is 0 Å². The zero-order chi connectivity index (χ0) is 14.1. The highest BCUT2D eigenvalue weighted by atomic mass is 16.5. The molecule has 0 unspecified atom stereocenters. The summed E-state index contributed by atoms with van der Waals surface area (Å²) >= 11 is 0. The summed E-state index contributed by atoms with van der Waals surface area (Å²) in [5.74, 6) is -0.220. The molecule has 1 rings (SSSR count). The van der Waals surface area contributed by atoms with Crippen LogP contribution < -0.4 is 4.74 Å². The molecule has 4 nitrogen and oxygen atoms in total. The number of benzene rings is 1. The van der Waals surface area contributed by atoms with E-state index in [1.165, 1.54) is 0 Å².